The normalized spacial score (nSPS) is 22.2. The maximum atomic E-state index is 15.2. The number of carbonyl (C=O) groups excluding carboxylic acids is 2. The van der Waals surface area contributed by atoms with Gasteiger partial charge in [0.05, 0.1) is 40.0 Å². The number of halogens is 1. The van der Waals surface area contributed by atoms with Crippen molar-refractivity contribution in [3.63, 3.8) is 0 Å². The van der Waals surface area contributed by atoms with Gasteiger partial charge in [-0.25, -0.2) is 9.07 Å². The Kier molecular flexibility index (Phi) is 6.31. The Morgan fingerprint density at radius 1 is 1.27 bits per heavy atom. The van der Waals surface area contributed by atoms with Gasteiger partial charge < -0.3 is 15.8 Å². The number of nitrogens with one attached hydrogen (secondary N) is 1. The summed E-state index contributed by atoms with van der Waals surface area (Å²) in [6.45, 7) is 6.06. The molecule has 2 aliphatic carbocycles. The van der Waals surface area contributed by atoms with Crippen LogP contribution in [0.3, 0.4) is 0 Å². The summed E-state index contributed by atoms with van der Waals surface area (Å²) in [5.74, 6) is -1.44. The van der Waals surface area contributed by atoms with Crippen LogP contribution in [0.5, 0.6) is 0 Å². The molecule has 0 unspecified atom stereocenters. The van der Waals surface area contributed by atoms with E-state index in [9.17, 15) is 9.59 Å². The molecular weight excluding hydrogens is 423 g/mol. The number of carbonyl (C=O) groups is 2. The molecule has 1 saturated carbocycles. The van der Waals surface area contributed by atoms with Crippen molar-refractivity contribution in [2.24, 2.45) is 11.1 Å². The standard InChI is InChI=1S/C25H33FN4O3/c1-5-18-23-20(12-25(2,3)13-21(23)31)30(29-18)15-10-17(26)22(24(27)32)19(11-15)28-14-6-8-16(33-4)9-7-14/h10-11,14,16,28H,5-9,12-13H2,1-4H3,(H2,27,32). The molecule has 1 heterocycles. The Balaban J connectivity index is 1.77. The smallest absolute Gasteiger partial charge is 0.253 e. The van der Waals surface area contributed by atoms with Crippen LogP contribution in [0.25, 0.3) is 5.69 Å². The molecule has 0 bridgehead atoms. The third-order valence-corrected chi connectivity index (χ3v) is 6.89. The molecule has 0 aliphatic heterocycles. The van der Waals surface area contributed by atoms with Crippen molar-refractivity contribution in [2.45, 2.75) is 77.9 Å². The number of ether oxygens (including phenoxy) is 1. The average molecular weight is 457 g/mol. The van der Waals surface area contributed by atoms with E-state index in [-0.39, 0.29) is 28.9 Å². The number of rotatable bonds is 6. The molecule has 0 radical (unpaired) electrons. The fraction of sp³-hybridized carbons (Fsp3) is 0.560. The average Bonchev–Trinajstić information content (AvgIpc) is 3.11. The molecule has 33 heavy (non-hydrogen) atoms. The second-order valence-corrected chi connectivity index (χ2v) is 10.0. The summed E-state index contributed by atoms with van der Waals surface area (Å²) in [6.07, 6.45) is 5.44. The minimum absolute atomic E-state index is 0.0758. The minimum atomic E-state index is -0.819. The summed E-state index contributed by atoms with van der Waals surface area (Å²) in [5, 5.41) is 8.04. The molecule has 2 aromatic rings. The number of Topliss-reactive ketones (excluding diaryl/α,β-unsaturated/α-hetero) is 1. The molecule has 1 fully saturated rings. The first kappa shape index (κ1) is 23.4. The van der Waals surface area contributed by atoms with Crippen molar-refractivity contribution < 1.29 is 18.7 Å². The molecule has 1 aromatic heterocycles. The predicted molar refractivity (Wildman–Crippen MR) is 125 cm³/mol. The van der Waals surface area contributed by atoms with Gasteiger partial charge in [-0.05, 0) is 50.0 Å². The summed E-state index contributed by atoms with van der Waals surface area (Å²) in [5.41, 5.74) is 8.19. The van der Waals surface area contributed by atoms with E-state index in [4.69, 9.17) is 10.5 Å². The van der Waals surface area contributed by atoms with Gasteiger partial charge in [-0.2, -0.15) is 5.10 Å². The van der Waals surface area contributed by atoms with E-state index in [0.29, 0.717) is 36.2 Å². The summed E-state index contributed by atoms with van der Waals surface area (Å²) in [6, 6.07) is 3.10. The number of methoxy groups -OCH3 is 1. The van der Waals surface area contributed by atoms with Gasteiger partial charge in [0.25, 0.3) is 5.91 Å². The zero-order chi connectivity index (χ0) is 23.9. The maximum absolute atomic E-state index is 15.2. The number of primary amides is 1. The first-order valence-corrected chi connectivity index (χ1v) is 11.7. The first-order valence-electron chi connectivity index (χ1n) is 11.7. The number of hydrogen-bond donors (Lipinski definition) is 2. The number of amides is 1. The van der Waals surface area contributed by atoms with Gasteiger partial charge in [0.15, 0.2) is 5.78 Å². The van der Waals surface area contributed by atoms with Crippen LogP contribution in [-0.2, 0) is 17.6 Å². The van der Waals surface area contributed by atoms with Crippen molar-refractivity contribution in [3.8, 4) is 5.69 Å². The van der Waals surface area contributed by atoms with Crippen LogP contribution in [0.4, 0.5) is 10.1 Å². The molecule has 0 atom stereocenters. The van der Waals surface area contributed by atoms with Gasteiger partial charge >= 0.3 is 0 Å². The van der Waals surface area contributed by atoms with E-state index in [1.807, 2.05) is 6.92 Å². The van der Waals surface area contributed by atoms with E-state index < -0.39 is 11.7 Å². The molecule has 1 aromatic carbocycles. The topological polar surface area (TPSA) is 99.2 Å². The van der Waals surface area contributed by atoms with E-state index in [2.05, 4.69) is 24.3 Å². The van der Waals surface area contributed by atoms with E-state index >= 15 is 4.39 Å². The molecule has 3 N–H and O–H groups in total. The quantitative estimate of drug-likeness (QED) is 0.679. The second kappa shape index (κ2) is 8.89. The number of aromatic nitrogens is 2. The lowest BCUT2D eigenvalue weighted by atomic mass is 9.75. The molecule has 1 amide bonds. The van der Waals surface area contributed by atoms with Crippen molar-refractivity contribution in [2.75, 3.05) is 12.4 Å². The lowest BCUT2D eigenvalue weighted by molar-refractivity contribution is 0.0681. The highest BCUT2D eigenvalue weighted by Crippen LogP contribution is 2.38. The Labute approximate surface area is 193 Å². The van der Waals surface area contributed by atoms with Crippen molar-refractivity contribution in [1.29, 1.82) is 0 Å². The number of nitrogens with two attached hydrogens (primary N) is 1. The molecule has 4 rings (SSSR count). The lowest BCUT2D eigenvalue weighted by Gasteiger charge is -2.30. The highest BCUT2D eigenvalue weighted by atomic mass is 19.1. The Morgan fingerprint density at radius 2 is 1.97 bits per heavy atom. The number of benzene rings is 1. The van der Waals surface area contributed by atoms with Crippen LogP contribution in [0.2, 0.25) is 0 Å². The fourth-order valence-corrected chi connectivity index (χ4v) is 5.23. The number of hydrogen-bond acceptors (Lipinski definition) is 5. The van der Waals surface area contributed by atoms with E-state index in [1.165, 1.54) is 6.07 Å². The number of nitrogens with zero attached hydrogens (tertiary/aromatic N) is 2. The fourth-order valence-electron chi connectivity index (χ4n) is 5.23. The number of ketones is 1. The number of anilines is 1. The lowest BCUT2D eigenvalue weighted by Crippen LogP contribution is -2.30. The first-order chi connectivity index (χ1) is 15.6. The second-order valence-electron chi connectivity index (χ2n) is 10.0. The zero-order valence-corrected chi connectivity index (χ0v) is 19.8. The van der Waals surface area contributed by atoms with Crippen LogP contribution in [0.1, 0.15) is 85.0 Å². The maximum Gasteiger partial charge on any atom is 0.253 e. The molecule has 178 valence electrons. The molecule has 7 nitrogen and oxygen atoms in total. The van der Waals surface area contributed by atoms with Gasteiger partial charge in [-0.3, -0.25) is 9.59 Å². The monoisotopic (exact) mass is 456 g/mol. The van der Waals surface area contributed by atoms with Gasteiger partial charge in [-0.15, -0.1) is 0 Å². The summed E-state index contributed by atoms with van der Waals surface area (Å²) in [4.78, 5) is 25.0. The predicted octanol–water partition coefficient (Wildman–Crippen LogP) is 4.20. The Hall–Kier alpha value is -2.74. The molecule has 0 spiro atoms. The zero-order valence-electron chi connectivity index (χ0n) is 19.8. The van der Waals surface area contributed by atoms with Gasteiger partial charge in [0, 0.05) is 25.6 Å². The summed E-state index contributed by atoms with van der Waals surface area (Å²) >= 11 is 0. The highest BCUT2D eigenvalue weighted by Gasteiger charge is 2.36. The van der Waals surface area contributed by atoms with Gasteiger partial charge in [0.2, 0.25) is 0 Å². The van der Waals surface area contributed by atoms with Crippen molar-refractivity contribution >= 4 is 17.4 Å². The van der Waals surface area contributed by atoms with Crippen molar-refractivity contribution in [3.05, 3.63) is 40.5 Å². The van der Waals surface area contributed by atoms with Crippen LogP contribution in [0.15, 0.2) is 12.1 Å². The van der Waals surface area contributed by atoms with Gasteiger partial charge in [0.1, 0.15) is 5.82 Å². The SMILES string of the molecule is CCc1nn(-c2cc(F)c(C(N)=O)c(NC3CCC(OC)CC3)c2)c2c1C(=O)CC(C)(C)C2. The highest BCUT2D eigenvalue weighted by molar-refractivity contribution is 6.00. The largest absolute Gasteiger partial charge is 0.382 e. The van der Waals surface area contributed by atoms with Crippen LogP contribution in [-0.4, -0.2) is 40.7 Å². The van der Waals surface area contributed by atoms with Gasteiger partial charge in [-0.1, -0.05) is 20.8 Å². The summed E-state index contributed by atoms with van der Waals surface area (Å²) in [7, 11) is 1.71. The van der Waals surface area contributed by atoms with Crippen LogP contribution < -0.4 is 11.1 Å². The number of aryl methyl sites for hydroxylation is 1. The number of fused-ring (bicyclic) bond motifs is 1. The minimum Gasteiger partial charge on any atom is -0.382 e. The third kappa shape index (κ3) is 4.53. The molecule has 0 saturated heterocycles. The van der Waals surface area contributed by atoms with Crippen molar-refractivity contribution in [1.82, 2.24) is 9.78 Å². The van der Waals surface area contributed by atoms with Crippen LogP contribution >= 0.6 is 0 Å². The van der Waals surface area contributed by atoms with E-state index in [1.54, 1.807) is 17.9 Å². The summed E-state index contributed by atoms with van der Waals surface area (Å²) < 4.78 is 22.3. The molecular formula is C25H33FN4O3. The van der Waals surface area contributed by atoms with E-state index in [0.717, 1.165) is 37.1 Å². The molecule has 2 aliphatic rings. The Morgan fingerprint density at radius 3 is 2.58 bits per heavy atom. The third-order valence-electron chi connectivity index (χ3n) is 6.89. The van der Waals surface area contributed by atoms with Crippen LogP contribution in [0, 0.1) is 11.2 Å². The Bertz CT molecular complexity index is 1080. The molecule has 8 heteroatoms.